The highest BCUT2D eigenvalue weighted by atomic mass is 32.2. The summed E-state index contributed by atoms with van der Waals surface area (Å²) in [5, 5.41) is 4.98. The van der Waals surface area contributed by atoms with Crippen LogP contribution in [0.4, 0.5) is 5.82 Å². The van der Waals surface area contributed by atoms with Crippen LogP contribution in [0.1, 0.15) is 30.7 Å². The number of aromatic nitrogens is 1. The molecule has 0 radical (unpaired) electrons. The molecule has 3 aromatic rings. The number of carbonyl (C=O) groups is 1. The minimum atomic E-state index is -3.29. The molecule has 1 fully saturated rings. The van der Waals surface area contributed by atoms with E-state index in [1.807, 2.05) is 30.3 Å². The van der Waals surface area contributed by atoms with Gasteiger partial charge in [0, 0.05) is 31.1 Å². The monoisotopic (exact) mass is 438 g/mol. The largest absolute Gasteiger partial charge is 0.381 e. The van der Waals surface area contributed by atoms with Crippen molar-refractivity contribution in [1.82, 2.24) is 4.98 Å². The summed E-state index contributed by atoms with van der Waals surface area (Å²) < 4.78 is 29.1. The van der Waals surface area contributed by atoms with Gasteiger partial charge in [-0.3, -0.25) is 4.79 Å². The van der Waals surface area contributed by atoms with Crippen molar-refractivity contribution in [2.75, 3.05) is 24.8 Å². The smallest absolute Gasteiger partial charge is 0.233 e. The molecule has 1 aliphatic heterocycles. The maximum atomic E-state index is 13.3. The van der Waals surface area contributed by atoms with Crippen LogP contribution in [0.25, 0.3) is 10.8 Å². The van der Waals surface area contributed by atoms with E-state index < -0.39 is 15.8 Å². The second kappa shape index (κ2) is 9.16. The molecule has 1 unspecified atom stereocenters. The van der Waals surface area contributed by atoms with E-state index in [1.54, 1.807) is 30.5 Å². The number of sulfone groups is 1. The zero-order valence-corrected chi connectivity index (χ0v) is 18.3. The topological polar surface area (TPSA) is 85.4 Å². The highest BCUT2D eigenvalue weighted by Gasteiger charge is 2.27. The van der Waals surface area contributed by atoms with Crippen LogP contribution >= 0.6 is 0 Å². The molecule has 0 saturated carbocycles. The second-order valence-electron chi connectivity index (χ2n) is 8.09. The number of benzene rings is 2. The van der Waals surface area contributed by atoms with Gasteiger partial charge in [-0.1, -0.05) is 36.4 Å². The molecule has 162 valence electrons. The lowest BCUT2D eigenvalue weighted by Crippen LogP contribution is -2.26. The number of anilines is 1. The number of nitrogens with one attached hydrogen (secondary N) is 1. The zero-order valence-electron chi connectivity index (χ0n) is 17.5. The number of amides is 1. The molecule has 1 atom stereocenters. The molecule has 1 aliphatic rings. The number of carbonyl (C=O) groups excluding carboxylic acids is 1. The highest BCUT2D eigenvalue weighted by molar-refractivity contribution is 7.90. The first kappa shape index (κ1) is 21.5. The number of pyridine rings is 1. The Balaban J connectivity index is 1.59. The maximum Gasteiger partial charge on any atom is 0.233 e. The van der Waals surface area contributed by atoms with E-state index in [0.717, 1.165) is 29.2 Å². The Kier molecular flexibility index (Phi) is 6.34. The first-order chi connectivity index (χ1) is 14.9. The number of fused-ring (bicyclic) bond motifs is 1. The molecule has 1 N–H and O–H groups in total. The van der Waals surface area contributed by atoms with E-state index in [0.29, 0.717) is 31.4 Å². The van der Waals surface area contributed by atoms with Crippen LogP contribution in [0.5, 0.6) is 0 Å². The van der Waals surface area contributed by atoms with Crippen LogP contribution in [0.3, 0.4) is 0 Å². The molecule has 1 saturated heterocycles. The predicted molar refractivity (Wildman–Crippen MR) is 121 cm³/mol. The lowest BCUT2D eigenvalue weighted by molar-refractivity contribution is -0.118. The molecule has 4 rings (SSSR count). The van der Waals surface area contributed by atoms with Crippen LogP contribution in [0, 0.1) is 5.92 Å². The molecule has 1 aromatic heterocycles. The average molecular weight is 439 g/mol. The third kappa shape index (κ3) is 5.29. The first-order valence-electron chi connectivity index (χ1n) is 10.4. The van der Waals surface area contributed by atoms with Crippen molar-refractivity contribution in [3.8, 4) is 0 Å². The molecule has 7 heteroatoms. The Morgan fingerprint density at radius 1 is 1.10 bits per heavy atom. The Hall–Kier alpha value is -2.77. The summed E-state index contributed by atoms with van der Waals surface area (Å²) in [4.78, 5) is 17.9. The van der Waals surface area contributed by atoms with Gasteiger partial charge >= 0.3 is 0 Å². The first-order valence-corrected chi connectivity index (χ1v) is 12.3. The molecule has 1 amide bonds. The van der Waals surface area contributed by atoms with Crippen molar-refractivity contribution in [2.24, 2.45) is 5.92 Å². The molecular formula is C24H26N2O4S. The minimum Gasteiger partial charge on any atom is -0.381 e. The van der Waals surface area contributed by atoms with E-state index in [9.17, 15) is 13.2 Å². The van der Waals surface area contributed by atoms with Gasteiger partial charge in [-0.25, -0.2) is 13.4 Å². The summed E-state index contributed by atoms with van der Waals surface area (Å²) in [6.07, 6.45) is 5.44. The van der Waals surface area contributed by atoms with Gasteiger partial charge in [0.25, 0.3) is 0 Å². The standard InChI is InChI=1S/C24H26N2O4S/c1-31(28,29)21-8-6-18(7-9-21)22(14-17-10-12-30-13-11-17)24(27)26-23-15-19-4-2-3-5-20(19)16-25-23/h2-9,15-17,22H,10-14H2,1H3,(H,25,26,27). The molecule has 0 spiro atoms. The van der Waals surface area contributed by atoms with Gasteiger partial charge in [0.05, 0.1) is 10.8 Å². The lowest BCUT2D eigenvalue weighted by Gasteiger charge is -2.26. The fourth-order valence-electron chi connectivity index (χ4n) is 4.02. The molecular weight excluding hydrogens is 412 g/mol. The molecule has 6 nitrogen and oxygen atoms in total. The summed E-state index contributed by atoms with van der Waals surface area (Å²) >= 11 is 0. The molecule has 2 heterocycles. The van der Waals surface area contributed by atoms with Crippen molar-refractivity contribution >= 4 is 32.3 Å². The lowest BCUT2D eigenvalue weighted by atomic mass is 9.84. The van der Waals surface area contributed by atoms with E-state index in [4.69, 9.17) is 4.74 Å². The summed E-state index contributed by atoms with van der Waals surface area (Å²) in [6, 6.07) is 16.4. The van der Waals surface area contributed by atoms with E-state index in [1.165, 1.54) is 6.26 Å². The van der Waals surface area contributed by atoms with Crippen molar-refractivity contribution in [2.45, 2.75) is 30.1 Å². The van der Waals surface area contributed by atoms with E-state index in [-0.39, 0.29) is 10.8 Å². The van der Waals surface area contributed by atoms with Crippen molar-refractivity contribution in [3.05, 3.63) is 66.4 Å². The summed E-state index contributed by atoms with van der Waals surface area (Å²) in [5.74, 6) is 0.350. The second-order valence-corrected chi connectivity index (χ2v) is 10.1. The number of ether oxygens (including phenoxy) is 1. The summed E-state index contributed by atoms with van der Waals surface area (Å²) in [6.45, 7) is 1.41. The van der Waals surface area contributed by atoms with Gasteiger partial charge in [-0.05, 0) is 54.3 Å². The van der Waals surface area contributed by atoms with Crippen LogP contribution in [0.2, 0.25) is 0 Å². The minimum absolute atomic E-state index is 0.138. The maximum absolute atomic E-state index is 13.3. The van der Waals surface area contributed by atoms with Gasteiger partial charge in [0.15, 0.2) is 9.84 Å². The molecule has 0 aliphatic carbocycles. The van der Waals surface area contributed by atoms with Crippen molar-refractivity contribution < 1.29 is 17.9 Å². The zero-order chi connectivity index (χ0) is 21.8. The molecule has 0 bridgehead atoms. The van der Waals surface area contributed by atoms with E-state index >= 15 is 0 Å². The summed E-state index contributed by atoms with van der Waals surface area (Å²) in [7, 11) is -3.29. The third-order valence-electron chi connectivity index (χ3n) is 5.82. The Labute approximate surface area is 182 Å². The fourth-order valence-corrected chi connectivity index (χ4v) is 4.65. The number of nitrogens with zero attached hydrogens (tertiary/aromatic N) is 1. The Morgan fingerprint density at radius 2 is 1.77 bits per heavy atom. The van der Waals surface area contributed by atoms with Gasteiger partial charge in [0.1, 0.15) is 5.82 Å². The van der Waals surface area contributed by atoms with Crippen LogP contribution < -0.4 is 5.32 Å². The van der Waals surface area contributed by atoms with Crippen LogP contribution in [-0.2, 0) is 19.4 Å². The van der Waals surface area contributed by atoms with Crippen molar-refractivity contribution in [3.63, 3.8) is 0 Å². The van der Waals surface area contributed by atoms with Crippen LogP contribution in [0.15, 0.2) is 65.7 Å². The molecule has 2 aromatic carbocycles. The number of hydrogen-bond acceptors (Lipinski definition) is 5. The molecule has 31 heavy (non-hydrogen) atoms. The predicted octanol–water partition coefficient (Wildman–Crippen LogP) is 4.18. The average Bonchev–Trinajstić information content (AvgIpc) is 2.77. The fraction of sp³-hybridized carbons (Fsp3) is 0.333. The van der Waals surface area contributed by atoms with Crippen LogP contribution in [-0.4, -0.2) is 38.8 Å². The summed E-state index contributed by atoms with van der Waals surface area (Å²) in [5.41, 5.74) is 0.803. The van der Waals surface area contributed by atoms with Crippen molar-refractivity contribution in [1.29, 1.82) is 0 Å². The number of rotatable bonds is 6. The Bertz CT molecular complexity index is 1170. The van der Waals surface area contributed by atoms with E-state index in [2.05, 4.69) is 10.3 Å². The number of hydrogen-bond donors (Lipinski definition) is 1. The third-order valence-corrected chi connectivity index (χ3v) is 6.95. The normalized spacial score (nSPS) is 16.2. The highest BCUT2D eigenvalue weighted by Crippen LogP contribution is 2.31. The van der Waals surface area contributed by atoms with Gasteiger partial charge in [0.2, 0.25) is 5.91 Å². The van der Waals surface area contributed by atoms with Gasteiger partial charge < -0.3 is 10.1 Å². The van der Waals surface area contributed by atoms with Gasteiger partial charge in [-0.2, -0.15) is 0 Å². The quantitative estimate of drug-likeness (QED) is 0.624. The SMILES string of the molecule is CS(=O)(=O)c1ccc(C(CC2CCOCC2)C(=O)Nc2cc3ccccc3cn2)cc1. The van der Waals surface area contributed by atoms with Gasteiger partial charge in [-0.15, -0.1) is 0 Å². The Morgan fingerprint density at radius 3 is 2.45 bits per heavy atom.